The summed E-state index contributed by atoms with van der Waals surface area (Å²) in [5.41, 5.74) is 1.23. The zero-order valence-electron chi connectivity index (χ0n) is 12.1. The lowest BCUT2D eigenvalue weighted by molar-refractivity contribution is 0.220. The van der Waals surface area contributed by atoms with Gasteiger partial charge in [-0.15, -0.1) is 0 Å². The monoisotopic (exact) mass is 294 g/mol. The molecule has 1 N–H and O–H groups in total. The van der Waals surface area contributed by atoms with Crippen LogP contribution in [0.1, 0.15) is 25.3 Å². The molecular formula is C16H23ClN2O. The molecule has 1 aliphatic heterocycles. The van der Waals surface area contributed by atoms with Gasteiger partial charge in [0.1, 0.15) is 11.9 Å². The lowest BCUT2D eigenvalue weighted by Crippen LogP contribution is -2.37. The third kappa shape index (κ3) is 3.46. The van der Waals surface area contributed by atoms with E-state index in [1.54, 1.807) is 0 Å². The maximum Gasteiger partial charge on any atom is 0.123 e. The van der Waals surface area contributed by atoms with E-state index in [2.05, 4.69) is 17.1 Å². The number of benzene rings is 1. The van der Waals surface area contributed by atoms with Gasteiger partial charge in [0, 0.05) is 37.1 Å². The van der Waals surface area contributed by atoms with E-state index in [9.17, 15) is 0 Å². The molecule has 1 unspecified atom stereocenters. The molecule has 110 valence electrons. The van der Waals surface area contributed by atoms with Crippen LogP contribution in [0.2, 0.25) is 5.02 Å². The van der Waals surface area contributed by atoms with E-state index >= 15 is 0 Å². The molecule has 1 atom stereocenters. The minimum Gasteiger partial charge on any atom is -0.488 e. The van der Waals surface area contributed by atoms with Crippen molar-refractivity contribution in [2.75, 3.05) is 26.2 Å². The lowest BCUT2D eigenvalue weighted by Gasteiger charge is -2.20. The zero-order valence-corrected chi connectivity index (χ0v) is 12.8. The van der Waals surface area contributed by atoms with Crippen molar-refractivity contribution < 1.29 is 4.74 Å². The Labute approximate surface area is 126 Å². The molecule has 0 aromatic heterocycles. The highest BCUT2D eigenvalue weighted by atomic mass is 35.5. The van der Waals surface area contributed by atoms with Gasteiger partial charge in [-0.1, -0.05) is 18.5 Å². The average Bonchev–Trinajstić information content (AvgIpc) is 3.19. The Morgan fingerprint density at radius 1 is 1.40 bits per heavy atom. The average molecular weight is 295 g/mol. The fourth-order valence-electron chi connectivity index (χ4n) is 2.93. The van der Waals surface area contributed by atoms with Crippen LogP contribution in [0.4, 0.5) is 0 Å². The number of hydrogen-bond donors (Lipinski definition) is 1. The standard InChI is InChI=1S/C16H23ClN2O/c1-2-19(14-4-5-14)8-7-18-11-15-10-12-9-13(17)3-6-16(12)20-15/h3,6,9,14-15,18H,2,4-5,7-8,10-11H2,1H3. The maximum absolute atomic E-state index is 6.01. The third-order valence-corrected chi connectivity index (χ3v) is 4.42. The van der Waals surface area contributed by atoms with Crippen molar-refractivity contribution in [3.63, 3.8) is 0 Å². The molecule has 0 radical (unpaired) electrons. The van der Waals surface area contributed by atoms with E-state index in [1.165, 1.54) is 18.4 Å². The predicted molar refractivity (Wildman–Crippen MR) is 82.7 cm³/mol. The fraction of sp³-hybridized carbons (Fsp3) is 0.625. The summed E-state index contributed by atoms with van der Waals surface area (Å²) in [6.45, 7) is 6.51. The highest BCUT2D eigenvalue weighted by molar-refractivity contribution is 6.30. The number of nitrogens with one attached hydrogen (secondary N) is 1. The number of nitrogens with zero attached hydrogens (tertiary/aromatic N) is 1. The molecule has 0 amide bonds. The second-order valence-corrected chi connectivity index (χ2v) is 6.20. The van der Waals surface area contributed by atoms with Gasteiger partial charge < -0.3 is 10.1 Å². The van der Waals surface area contributed by atoms with E-state index in [4.69, 9.17) is 16.3 Å². The normalized spacial score (nSPS) is 21.1. The first-order valence-electron chi connectivity index (χ1n) is 7.66. The third-order valence-electron chi connectivity index (χ3n) is 4.18. The number of likely N-dealkylation sites (N-methyl/N-ethyl adjacent to an activating group) is 1. The molecule has 1 aromatic carbocycles. The summed E-state index contributed by atoms with van der Waals surface area (Å²) in [5.74, 6) is 0.995. The Balaban J connectivity index is 1.38. The number of rotatable bonds is 7. The lowest BCUT2D eigenvalue weighted by atomic mass is 10.1. The van der Waals surface area contributed by atoms with Gasteiger partial charge >= 0.3 is 0 Å². The van der Waals surface area contributed by atoms with Crippen LogP contribution >= 0.6 is 11.6 Å². The number of halogens is 1. The van der Waals surface area contributed by atoms with Crippen LogP contribution < -0.4 is 10.1 Å². The Bertz CT molecular complexity index is 462. The number of fused-ring (bicyclic) bond motifs is 1. The summed E-state index contributed by atoms with van der Waals surface area (Å²) >= 11 is 6.01. The first-order valence-corrected chi connectivity index (χ1v) is 8.04. The molecule has 20 heavy (non-hydrogen) atoms. The smallest absolute Gasteiger partial charge is 0.123 e. The first-order chi connectivity index (χ1) is 9.76. The first kappa shape index (κ1) is 14.2. The Morgan fingerprint density at radius 2 is 2.25 bits per heavy atom. The van der Waals surface area contributed by atoms with Gasteiger partial charge in [0.2, 0.25) is 0 Å². The van der Waals surface area contributed by atoms with Gasteiger partial charge in [-0.2, -0.15) is 0 Å². The van der Waals surface area contributed by atoms with E-state index in [-0.39, 0.29) is 6.10 Å². The van der Waals surface area contributed by atoms with Gasteiger partial charge in [0.15, 0.2) is 0 Å². The molecule has 4 heteroatoms. The van der Waals surface area contributed by atoms with Gasteiger partial charge in [0.05, 0.1) is 0 Å². The molecule has 2 aliphatic rings. The van der Waals surface area contributed by atoms with Crippen LogP contribution in [0, 0.1) is 0 Å². The number of ether oxygens (including phenoxy) is 1. The second-order valence-electron chi connectivity index (χ2n) is 5.76. The van der Waals surface area contributed by atoms with E-state index in [1.807, 2.05) is 18.2 Å². The summed E-state index contributed by atoms with van der Waals surface area (Å²) < 4.78 is 5.92. The highest BCUT2D eigenvalue weighted by Crippen LogP contribution is 2.30. The van der Waals surface area contributed by atoms with Crippen LogP contribution in [0.25, 0.3) is 0 Å². The molecule has 0 spiro atoms. The Morgan fingerprint density at radius 3 is 3.00 bits per heavy atom. The number of hydrogen-bond acceptors (Lipinski definition) is 3. The van der Waals surface area contributed by atoms with Crippen molar-refractivity contribution in [3.8, 4) is 5.75 Å². The molecule has 3 rings (SSSR count). The summed E-state index contributed by atoms with van der Waals surface area (Å²) in [5, 5.41) is 4.32. The Hall–Kier alpha value is -0.770. The molecule has 3 nitrogen and oxygen atoms in total. The molecule has 0 bridgehead atoms. The molecular weight excluding hydrogens is 272 g/mol. The topological polar surface area (TPSA) is 24.5 Å². The van der Waals surface area contributed by atoms with E-state index in [0.29, 0.717) is 0 Å². The molecule has 1 saturated carbocycles. The summed E-state index contributed by atoms with van der Waals surface area (Å²) in [6, 6.07) is 6.74. The second kappa shape index (κ2) is 6.33. The van der Waals surface area contributed by atoms with Gasteiger partial charge in [-0.3, -0.25) is 4.90 Å². The molecule has 1 aliphatic carbocycles. The SMILES string of the molecule is CCN(CCNCC1Cc2cc(Cl)ccc2O1)C1CC1. The maximum atomic E-state index is 6.01. The minimum absolute atomic E-state index is 0.250. The van der Waals surface area contributed by atoms with Crippen molar-refractivity contribution in [3.05, 3.63) is 28.8 Å². The molecule has 0 saturated heterocycles. The van der Waals surface area contributed by atoms with Gasteiger partial charge in [0.25, 0.3) is 0 Å². The van der Waals surface area contributed by atoms with Gasteiger partial charge in [-0.05, 0) is 43.1 Å². The fourth-order valence-corrected chi connectivity index (χ4v) is 3.12. The van der Waals surface area contributed by atoms with Crippen LogP contribution in [0.15, 0.2) is 18.2 Å². The van der Waals surface area contributed by atoms with Crippen LogP contribution in [0.5, 0.6) is 5.75 Å². The summed E-state index contributed by atoms with van der Waals surface area (Å²) in [7, 11) is 0. The molecule has 1 heterocycles. The minimum atomic E-state index is 0.250. The van der Waals surface area contributed by atoms with Crippen LogP contribution in [-0.2, 0) is 6.42 Å². The predicted octanol–water partition coefficient (Wildman–Crippen LogP) is 2.72. The Kier molecular flexibility index (Phi) is 4.49. The van der Waals surface area contributed by atoms with Gasteiger partial charge in [-0.25, -0.2) is 0 Å². The zero-order chi connectivity index (χ0) is 13.9. The van der Waals surface area contributed by atoms with Crippen LogP contribution in [-0.4, -0.2) is 43.2 Å². The molecule has 1 aromatic rings. The summed E-state index contributed by atoms with van der Waals surface area (Å²) in [4.78, 5) is 2.57. The highest BCUT2D eigenvalue weighted by Gasteiger charge is 2.27. The van der Waals surface area contributed by atoms with E-state index < -0.39 is 0 Å². The van der Waals surface area contributed by atoms with Crippen molar-refractivity contribution in [1.82, 2.24) is 10.2 Å². The quantitative estimate of drug-likeness (QED) is 0.783. The largest absolute Gasteiger partial charge is 0.488 e. The van der Waals surface area contributed by atoms with Crippen molar-refractivity contribution in [2.24, 2.45) is 0 Å². The molecule has 1 fully saturated rings. The van der Waals surface area contributed by atoms with E-state index in [0.717, 1.165) is 49.4 Å². The van der Waals surface area contributed by atoms with Crippen molar-refractivity contribution >= 4 is 11.6 Å². The van der Waals surface area contributed by atoms with Crippen molar-refractivity contribution in [1.29, 1.82) is 0 Å². The van der Waals surface area contributed by atoms with Crippen LogP contribution in [0.3, 0.4) is 0 Å². The summed E-state index contributed by atoms with van der Waals surface area (Å²) in [6.07, 6.45) is 3.98. The van der Waals surface area contributed by atoms with Crippen molar-refractivity contribution in [2.45, 2.75) is 38.3 Å².